The van der Waals surface area contributed by atoms with Crippen LogP contribution in [0.2, 0.25) is 0 Å². The standard InChI is InChI=1S/C39H46O7/c1-21(2)31-33(42)29(22(3)40)35(44)39(46)36(45)32-34(43)30-27(19-37(32,4)20-38(31,39)5)26(15-16-28(30)41)18-25-13-11-24(12-14-25)17-23-9-7-6-8-10-23/h6-10,15-16,21,24-25,31,41,43-44,46H,11-14,17-20H2,1-5H3/t24?,25?,31?,37-,38-,39+/m1/s1. The predicted octanol–water partition coefficient (Wildman–Crippen LogP) is 6.78. The highest BCUT2D eigenvalue weighted by atomic mass is 16.3. The van der Waals surface area contributed by atoms with E-state index in [9.17, 15) is 34.8 Å². The molecule has 244 valence electrons. The van der Waals surface area contributed by atoms with Crippen LogP contribution in [0.1, 0.15) is 89.0 Å². The molecule has 46 heavy (non-hydrogen) atoms. The van der Waals surface area contributed by atoms with Gasteiger partial charge in [-0.15, -0.1) is 0 Å². The van der Waals surface area contributed by atoms with E-state index in [4.69, 9.17) is 0 Å². The Kier molecular flexibility index (Phi) is 7.86. The van der Waals surface area contributed by atoms with Crippen LogP contribution in [0.25, 0.3) is 5.76 Å². The number of ketones is 3. The van der Waals surface area contributed by atoms with Crippen molar-refractivity contribution >= 4 is 23.1 Å². The second-order valence-corrected chi connectivity index (χ2v) is 15.3. The summed E-state index contributed by atoms with van der Waals surface area (Å²) in [5.41, 5.74) is -2.34. The Hall–Kier alpha value is -3.71. The number of rotatable bonds is 6. The molecule has 0 bridgehead atoms. The molecule has 0 saturated heterocycles. The molecule has 7 nitrogen and oxygen atoms in total. The zero-order valence-corrected chi connectivity index (χ0v) is 27.5. The summed E-state index contributed by atoms with van der Waals surface area (Å²) in [5.74, 6) is -3.92. The van der Waals surface area contributed by atoms with Gasteiger partial charge in [-0.1, -0.05) is 64.1 Å². The highest BCUT2D eigenvalue weighted by Gasteiger charge is 2.72. The van der Waals surface area contributed by atoms with Gasteiger partial charge in [-0.25, -0.2) is 0 Å². The molecule has 2 aromatic rings. The maximum Gasteiger partial charge on any atom is 0.203 e. The summed E-state index contributed by atoms with van der Waals surface area (Å²) in [7, 11) is 0. The largest absolute Gasteiger partial charge is 0.508 e. The van der Waals surface area contributed by atoms with E-state index in [-0.39, 0.29) is 29.2 Å². The number of carbonyl (C=O) groups excluding carboxylic acids is 3. The normalized spacial score (nSPS) is 32.7. The van der Waals surface area contributed by atoms with Gasteiger partial charge in [-0.3, -0.25) is 14.4 Å². The molecule has 4 atom stereocenters. The van der Waals surface area contributed by atoms with Gasteiger partial charge < -0.3 is 20.4 Å². The fraction of sp³-hybridized carbons (Fsp3) is 0.513. The van der Waals surface area contributed by atoms with Crippen LogP contribution in [0.15, 0.2) is 59.4 Å². The lowest BCUT2D eigenvalue weighted by Crippen LogP contribution is -2.69. The third kappa shape index (κ3) is 4.68. The molecule has 0 amide bonds. The molecule has 1 unspecified atom stereocenters. The number of aliphatic hydroxyl groups is 3. The fourth-order valence-corrected chi connectivity index (χ4v) is 9.87. The third-order valence-corrected chi connectivity index (χ3v) is 11.8. The van der Waals surface area contributed by atoms with Gasteiger partial charge in [-0.05, 0) is 98.8 Å². The van der Waals surface area contributed by atoms with Gasteiger partial charge in [0.15, 0.2) is 17.2 Å². The summed E-state index contributed by atoms with van der Waals surface area (Å²) >= 11 is 0. The molecule has 2 aromatic carbocycles. The maximum atomic E-state index is 14.5. The zero-order chi connectivity index (χ0) is 33.3. The topological polar surface area (TPSA) is 132 Å². The van der Waals surface area contributed by atoms with Gasteiger partial charge >= 0.3 is 0 Å². The summed E-state index contributed by atoms with van der Waals surface area (Å²) in [6, 6.07) is 14.1. The first-order chi connectivity index (χ1) is 21.6. The number of allylic oxidation sites excluding steroid dienone is 1. The number of hydrogen-bond donors (Lipinski definition) is 4. The van der Waals surface area contributed by atoms with Crippen molar-refractivity contribution in [1.82, 2.24) is 0 Å². The van der Waals surface area contributed by atoms with Crippen LogP contribution in [-0.4, -0.2) is 43.4 Å². The van der Waals surface area contributed by atoms with E-state index in [1.54, 1.807) is 13.0 Å². The van der Waals surface area contributed by atoms with Gasteiger partial charge in [0.2, 0.25) is 5.78 Å². The van der Waals surface area contributed by atoms with Gasteiger partial charge in [0, 0.05) is 22.3 Å². The van der Waals surface area contributed by atoms with Gasteiger partial charge in [0.1, 0.15) is 22.8 Å². The molecule has 4 aliphatic rings. The van der Waals surface area contributed by atoms with Crippen LogP contribution in [0.4, 0.5) is 0 Å². The predicted molar refractivity (Wildman–Crippen MR) is 175 cm³/mol. The first kappa shape index (κ1) is 32.2. The minimum atomic E-state index is -2.59. The van der Waals surface area contributed by atoms with Gasteiger partial charge in [0.25, 0.3) is 0 Å². The van der Waals surface area contributed by atoms with Crippen LogP contribution in [0, 0.1) is 34.5 Å². The van der Waals surface area contributed by atoms with E-state index < -0.39 is 56.8 Å². The molecule has 7 heteroatoms. The number of aliphatic hydroxyl groups excluding tert-OH is 2. The summed E-state index contributed by atoms with van der Waals surface area (Å²) in [4.78, 5) is 40.8. The number of phenols is 1. The first-order valence-corrected chi connectivity index (χ1v) is 16.7. The quantitative estimate of drug-likeness (QED) is 0.260. The van der Waals surface area contributed by atoms with Crippen LogP contribution >= 0.6 is 0 Å². The van der Waals surface area contributed by atoms with Crippen LogP contribution in [0.3, 0.4) is 0 Å². The van der Waals surface area contributed by atoms with Crippen molar-refractivity contribution < 1.29 is 34.8 Å². The Labute approximate surface area is 271 Å². The highest BCUT2D eigenvalue weighted by Crippen LogP contribution is 2.65. The van der Waals surface area contributed by atoms with Crippen molar-refractivity contribution in [2.24, 2.45) is 34.5 Å². The molecule has 0 heterocycles. The lowest BCUT2D eigenvalue weighted by Gasteiger charge is -2.59. The van der Waals surface area contributed by atoms with E-state index in [0.717, 1.165) is 56.6 Å². The molecular formula is C39H46O7. The van der Waals surface area contributed by atoms with E-state index in [1.807, 2.05) is 32.9 Å². The minimum absolute atomic E-state index is 0.0832. The number of carbonyl (C=O) groups is 3. The molecule has 0 radical (unpaired) electrons. The SMILES string of the molecule is CC(=O)C1=C(O)[C@]2(O)C(=O)C3=C(O)c4c(O)ccc(CC5CCC(Cc6ccccc6)CC5)c4C[C@]3(C)C[C@]2(C)C(C(C)C)C1=O. The lowest BCUT2D eigenvalue weighted by atomic mass is 9.43. The number of benzene rings is 2. The Morgan fingerprint density at radius 1 is 0.913 bits per heavy atom. The molecular weight excluding hydrogens is 580 g/mol. The van der Waals surface area contributed by atoms with E-state index >= 15 is 0 Å². The smallest absolute Gasteiger partial charge is 0.203 e. The molecule has 0 spiro atoms. The summed E-state index contributed by atoms with van der Waals surface area (Å²) in [5, 5.41) is 46.5. The maximum absolute atomic E-state index is 14.5. The third-order valence-electron chi connectivity index (χ3n) is 11.8. The Morgan fingerprint density at radius 2 is 1.52 bits per heavy atom. The Balaban J connectivity index is 1.37. The molecule has 2 saturated carbocycles. The molecule has 2 fully saturated rings. The first-order valence-electron chi connectivity index (χ1n) is 16.7. The van der Waals surface area contributed by atoms with Crippen molar-refractivity contribution in [3.05, 3.63) is 81.6 Å². The minimum Gasteiger partial charge on any atom is -0.508 e. The molecule has 0 aliphatic heterocycles. The average Bonchev–Trinajstić information content (AvgIpc) is 2.97. The monoisotopic (exact) mass is 626 g/mol. The number of fused-ring (bicyclic) bond motifs is 3. The van der Waals surface area contributed by atoms with Crippen molar-refractivity contribution in [2.45, 2.75) is 91.6 Å². The van der Waals surface area contributed by atoms with Crippen LogP contribution < -0.4 is 0 Å². The van der Waals surface area contributed by atoms with Crippen molar-refractivity contribution in [1.29, 1.82) is 0 Å². The number of aromatic hydroxyl groups is 1. The van der Waals surface area contributed by atoms with E-state index in [0.29, 0.717) is 18.3 Å². The van der Waals surface area contributed by atoms with E-state index in [2.05, 4.69) is 24.3 Å². The molecule has 4 N–H and O–H groups in total. The van der Waals surface area contributed by atoms with Gasteiger partial charge in [-0.2, -0.15) is 0 Å². The lowest BCUT2D eigenvalue weighted by molar-refractivity contribution is -0.178. The van der Waals surface area contributed by atoms with Crippen molar-refractivity contribution in [3.8, 4) is 5.75 Å². The van der Waals surface area contributed by atoms with Gasteiger partial charge in [0.05, 0.1) is 5.56 Å². The van der Waals surface area contributed by atoms with Crippen LogP contribution in [0.5, 0.6) is 5.75 Å². The van der Waals surface area contributed by atoms with Crippen molar-refractivity contribution in [2.75, 3.05) is 0 Å². The van der Waals surface area contributed by atoms with E-state index in [1.165, 1.54) is 5.56 Å². The fourth-order valence-electron chi connectivity index (χ4n) is 9.87. The zero-order valence-electron chi connectivity index (χ0n) is 27.5. The van der Waals surface area contributed by atoms with Crippen molar-refractivity contribution in [3.63, 3.8) is 0 Å². The number of Topliss-reactive ketones (excluding diaryl/α,β-unsaturated/α-hetero) is 3. The summed E-state index contributed by atoms with van der Waals surface area (Å²) < 4.78 is 0. The summed E-state index contributed by atoms with van der Waals surface area (Å²) in [6.45, 7) is 8.26. The highest BCUT2D eigenvalue weighted by molar-refractivity contribution is 6.24. The second-order valence-electron chi connectivity index (χ2n) is 15.3. The Morgan fingerprint density at radius 3 is 2.11 bits per heavy atom. The van der Waals surface area contributed by atoms with Crippen LogP contribution in [-0.2, 0) is 33.6 Å². The number of hydrogen-bond acceptors (Lipinski definition) is 7. The molecule has 6 rings (SSSR count). The summed E-state index contributed by atoms with van der Waals surface area (Å²) in [6.07, 6.45) is 6.74. The average molecular weight is 627 g/mol. The second kappa shape index (κ2) is 11.2. The Bertz CT molecular complexity index is 1680. The molecule has 4 aliphatic carbocycles. The number of phenolic OH excluding ortho intramolecular Hbond substituents is 1. The molecule has 0 aromatic heterocycles.